The molecule has 0 spiro atoms. The Morgan fingerprint density at radius 2 is 2.03 bits per heavy atom. The molecule has 0 bridgehead atoms. The van der Waals surface area contributed by atoms with Crippen molar-refractivity contribution < 1.29 is 43.7 Å². The zero-order valence-electron chi connectivity index (χ0n) is 16.4. The van der Waals surface area contributed by atoms with Crippen LogP contribution in [0.1, 0.15) is 26.2 Å². The molecule has 0 aromatic rings. The Hall–Kier alpha value is -2.64. The van der Waals surface area contributed by atoms with Crippen LogP contribution in [-0.2, 0) is 33.4 Å². The van der Waals surface area contributed by atoms with Crippen LogP contribution in [0.15, 0.2) is 11.3 Å². The van der Waals surface area contributed by atoms with Gasteiger partial charge < -0.3 is 30.7 Å². The number of hydrogen-bond acceptors (Lipinski definition) is 9. The van der Waals surface area contributed by atoms with Gasteiger partial charge in [-0.1, -0.05) is 0 Å². The SMILES string of the molecule is CO[C@@]1(NC(=O)CCCC(N)C(=O)O)C(=O)N2C(C(=O)O)=C(COC(C)=O)CS[C@@H]21. The molecule has 0 aromatic carbocycles. The Balaban J connectivity index is 2.11. The summed E-state index contributed by atoms with van der Waals surface area (Å²) in [6.45, 7) is 0.917. The predicted octanol–water partition coefficient (Wildman–Crippen LogP) is -1.16. The van der Waals surface area contributed by atoms with Crippen LogP contribution in [0.2, 0.25) is 0 Å². The summed E-state index contributed by atoms with van der Waals surface area (Å²) in [5, 5.41) is 20.0. The number of carbonyl (C=O) groups is 5. The number of nitrogens with zero attached hydrogens (tertiary/aromatic N) is 1. The molecule has 1 saturated heterocycles. The largest absolute Gasteiger partial charge is 0.480 e. The highest BCUT2D eigenvalue weighted by Crippen LogP contribution is 2.46. The van der Waals surface area contributed by atoms with E-state index >= 15 is 0 Å². The molecule has 1 fully saturated rings. The van der Waals surface area contributed by atoms with Gasteiger partial charge in [-0.3, -0.25) is 24.1 Å². The van der Waals surface area contributed by atoms with Gasteiger partial charge in [0.25, 0.3) is 11.6 Å². The van der Waals surface area contributed by atoms with Gasteiger partial charge in [-0.15, -0.1) is 11.8 Å². The van der Waals surface area contributed by atoms with E-state index in [1.807, 2.05) is 0 Å². The van der Waals surface area contributed by atoms with E-state index in [9.17, 15) is 29.1 Å². The Kier molecular flexibility index (Phi) is 7.44. The van der Waals surface area contributed by atoms with Crippen molar-refractivity contribution in [2.45, 2.75) is 43.3 Å². The topological polar surface area (TPSA) is 186 Å². The molecular weight excluding hydrogens is 422 g/mol. The summed E-state index contributed by atoms with van der Waals surface area (Å²) in [5.74, 6) is -4.31. The zero-order valence-corrected chi connectivity index (χ0v) is 17.2. The average Bonchev–Trinajstić information content (AvgIpc) is 2.68. The molecular formula is C17H23N3O9S. The molecule has 13 heteroatoms. The van der Waals surface area contributed by atoms with Crippen LogP contribution in [0.4, 0.5) is 0 Å². The van der Waals surface area contributed by atoms with Gasteiger partial charge in [0, 0.05) is 31.8 Å². The molecule has 2 aliphatic rings. The minimum absolute atomic E-state index is 0.0758. The standard InChI is InChI=1S/C17H23N3O9S/c1-8(21)29-6-9-7-30-16-17(28-2,15(27)20(16)12(9)14(25)26)19-11(22)5-3-4-10(18)13(23)24/h10,16H,3-7,18H2,1-2H3,(H,19,22)(H,23,24)(H,25,26)/t10?,16-,17+/m1/s1. The molecule has 1 unspecified atom stereocenters. The fraction of sp³-hybridized carbons (Fsp3) is 0.588. The lowest BCUT2D eigenvalue weighted by Crippen LogP contribution is -2.80. The predicted molar refractivity (Wildman–Crippen MR) is 102 cm³/mol. The number of carboxylic acids is 2. The smallest absolute Gasteiger partial charge is 0.352 e. The van der Waals surface area contributed by atoms with E-state index in [1.54, 1.807) is 0 Å². The number of ether oxygens (including phenoxy) is 2. The third-order valence-corrected chi connectivity index (χ3v) is 6.02. The lowest BCUT2D eigenvalue weighted by Gasteiger charge is -2.55. The van der Waals surface area contributed by atoms with E-state index in [0.29, 0.717) is 0 Å². The highest BCUT2D eigenvalue weighted by Gasteiger charge is 2.66. The van der Waals surface area contributed by atoms with Crippen molar-refractivity contribution in [1.29, 1.82) is 0 Å². The van der Waals surface area contributed by atoms with Gasteiger partial charge in [-0.25, -0.2) is 4.79 Å². The molecule has 0 aliphatic carbocycles. The monoisotopic (exact) mass is 445 g/mol. The minimum Gasteiger partial charge on any atom is -0.480 e. The Bertz CT molecular complexity index is 799. The Morgan fingerprint density at radius 1 is 1.37 bits per heavy atom. The van der Waals surface area contributed by atoms with Gasteiger partial charge in [-0.2, -0.15) is 0 Å². The number of nitrogens with two attached hydrogens (primary N) is 1. The van der Waals surface area contributed by atoms with Crippen molar-refractivity contribution in [3.8, 4) is 0 Å². The molecule has 0 saturated carbocycles. The molecule has 2 aliphatic heterocycles. The van der Waals surface area contributed by atoms with Crippen LogP contribution in [0.5, 0.6) is 0 Å². The number of amides is 2. The number of rotatable bonds is 10. The number of β-lactam (4-membered cyclic amide) rings is 1. The number of nitrogens with one attached hydrogen (secondary N) is 1. The number of esters is 1. The second-order valence-electron chi connectivity index (χ2n) is 6.70. The number of methoxy groups -OCH3 is 1. The molecule has 3 atom stereocenters. The maximum Gasteiger partial charge on any atom is 0.352 e. The molecule has 0 aromatic heterocycles. The molecule has 5 N–H and O–H groups in total. The fourth-order valence-corrected chi connectivity index (χ4v) is 4.54. The van der Waals surface area contributed by atoms with Gasteiger partial charge in [0.2, 0.25) is 5.91 Å². The lowest BCUT2D eigenvalue weighted by molar-refractivity contribution is -0.192. The van der Waals surface area contributed by atoms with Crippen LogP contribution < -0.4 is 11.1 Å². The van der Waals surface area contributed by atoms with Gasteiger partial charge in [0.1, 0.15) is 23.7 Å². The average molecular weight is 445 g/mol. The first-order valence-corrected chi connectivity index (χ1v) is 9.98. The van der Waals surface area contributed by atoms with Crippen LogP contribution in [-0.4, -0.2) is 81.4 Å². The van der Waals surface area contributed by atoms with Crippen LogP contribution in [0, 0.1) is 0 Å². The van der Waals surface area contributed by atoms with Crippen molar-refractivity contribution in [2.24, 2.45) is 5.73 Å². The molecule has 2 amide bonds. The number of aliphatic carboxylic acids is 2. The van der Waals surface area contributed by atoms with Crippen molar-refractivity contribution in [3.05, 3.63) is 11.3 Å². The fourth-order valence-electron chi connectivity index (χ4n) is 3.12. The maximum absolute atomic E-state index is 12.8. The Morgan fingerprint density at radius 3 is 2.57 bits per heavy atom. The third kappa shape index (κ3) is 4.57. The summed E-state index contributed by atoms with van der Waals surface area (Å²) < 4.78 is 10.2. The van der Waals surface area contributed by atoms with Crippen LogP contribution in [0.3, 0.4) is 0 Å². The number of fused-ring (bicyclic) bond motifs is 1. The minimum atomic E-state index is -1.75. The van der Waals surface area contributed by atoms with E-state index in [4.69, 9.17) is 20.3 Å². The van der Waals surface area contributed by atoms with E-state index in [2.05, 4.69) is 5.32 Å². The Labute approximate surface area is 175 Å². The van der Waals surface area contributed by atoms with Gasteiger partial charge in [-0.05, 0) is 12.8 Å². The summed E-state index contributed by atoms with van der Waals surface area (Å²) in [6.07, 6.45) is 0.171. The second-order valence-corrected chi connectivity index (χ2v) is 7.77. The van der Waals surface area contributed by atoms with Gasteiger partial charge >= 0.3 is 17.9 Å². The van der Waals surface area contributed by atoms with E-state index < -0.39 is 46.9 Å². The van der Waals surface area contributed by atoms with Crippen molar-refractivity contribution >= 4 is 41.5 Å². The van der Waals surface area contributed by atoms with Crippen LogP contribution >= 0.6 is 11.8 Å². The molecule has 2 heterocycles. The first kappa shape index (κ1) is 23.6. The molecule has 2 rings (SSSR count). The van der Waals surface area contributed by atoms with Crippen LogP contribution in [0.25, 0.3) is 0 Å². The quantitative estimate of drug-likeness (QED) is 0.181. The van der Waals surface area contributed by atoms with Gasteiger partial charge in [0.15, 0.2) is 0 Å². The summed E-state index contributed by atoms with van der Waals surface area (Å²) in [7, 11) is 1.22. The third-order valence-electron chi connectivity index (χ3n) is 4.65. The van der Waals surface area contributed by atoms with Crippen molar-refractivity contribution in [1.82, 2.24) is 10.2 Å². The normalized spacial score (nSPS) is 23.9. The molecule has 166 valence electrons. The highest BCUT2D eigenvalue weighted by atomic mass is 32.2. The molecule has 12 nitrogen and oxygen atoms in total. The van der Waals surface area contributed by atoms with Crippen molar-refractivity contribution in [3.63, 3.8) is 0 Å². The van der Waals surface area contributed by atoms with Crippen molar-refractivity contribution in [2.75, 3.05) is 19.5 Å². The summed E-state index contributed by atoms with van der Waals surface area (Å²) >= 11 is 1.16. The van der Waals surface area contributed by atoms with Gasteiger partial charge in [0.05, 0.1) is 0 Å². The first-order valence-electron chi connectivity index (χ1n) is 8.93. The van der Waals surface area contributed by atoms with E-state index in [0.717, 1.165) is 16.7 Å². The number of carboxylic acid groups (broad SMARTS) is 2. The first-order chi connectivity index (χ1) is 14.0. The number of hydrogen-bond donors (Lipinski definition) is 4. The molecule has 0 radical (unpaired) electrons. The summed E-state index contributed by atoms with van der Waals surface area (Å²) in [6, 6.07) is -1.09. The maximum atomic E-state index is 12.8. The highest BCUT2D eigenvalue weighted by molar-refractivity contribution is 8.00. The number of thioether (sulfide) groups is 1. The van der Waals surface area contributed by atoms with E-state index in [-0.39, 0.29) is 42.9 Å². The zero-order chi connectivity index (χ0) is 22.6. The second kappa shape index (κ2) is 9.45. The van der Waals surface area contributed by atoms with E-state index in [1.165, 1.54) is 14.0 Å². The lowest BCUT2D eigenvalue weighted by atomic mass is 9.97. The summed E-state index contributed by atoms with van der Waals surface area (Å²) in [4.78, 5) is 59.6. The molecule has 30 heavy (non-hydrogen) atoms. The number of carbonyl (C=O) groups excluding carboxylic acids is 3. The summed E-state index contributed by atoms with van der Waals surface area (Å²) in [5.41, 5.74) is 3.59.